The van der Waals surface area contributed by atoms with Crippen molar-refractivity contribution in [1.29, 1.82) is 0 Å². The van der Waals surface area contributed by atoms with Crippen LogP contribution in [-0.4, -0.2) is 50.5 Å². The molecule has 0 atom stereocenters. The molecule has 8 heteroatoms. The van der Waals surface area contributed by atoms with Gasteiger partial charge in [-0.25, -0.2) is 14.6 Å². The van der Waals surface area contributed by atoms with Crippen LogP contribution in [0.5, 0.6) is 0 Å². The monoisotopic (exact) mass is 424 g/mol. The van der Waals surface area contributed by atoms with Gasteiger partial charge in [0.25, 0.3) is 5.91 Å². The summed E-state index contributed by atoms with van der Waals surface area (Å²) in [4.78, 5) is 24.3. The van der Waals surface area contributed by atoms with E-state index >= 15 is 0 Å². The molecule has 2 aromatic heterocycles. The highest BCUT2D eigenvalue weighted by molar-refractivity contribution is 7.99. The van der Waals surface area contributed by atoms with Crippen LogP contribution in [0.15, 0.2) is 41.7 Å². The minimum Gasteiger partial charge on any atom is -0.356 e. The van der Waals surface area contributed by atoms with Gasteiger partial charge in [0, 0.05) is 30.4 Å². The molecule has 1 aromatic carbocycles. The number of benzene rings is 1. The normalized spacial score (nSPS) is 14.4. The molecule has 30 heavy (non-hydrogen) atoms. The van der Waals surface area contributed by atoms with Crippen molar-refractivity contribution >= 4 is 34.5 Å². The lowest BCUT2D eigenvalue weighted by atomic mass is 10.1. The molecule has 7 nitrogen and oxygen atoms in total. The highest BCUT2D eigenvalue weighted by atomic mass is 32.2. The largest absolute Gasteiger partial charge is 0.356 e. The van der Waals surface area contributed by atoms with E-state index in [-0.39, 0.29) is 5.91 Å². The number of hydrogen-bond acceptors (Lipinski definition) is 6. The van der Waals surface area contributed by atoms with E-state index in [1.165, 1.54) is 19.3 Å². The van der Waals surface area contributed by atoms with E-state index in [0.29, 0.717) is 23.9 Å². The fourth-order valence-corrected chi connectivity index (χ4v) is 4.36. The third-order valence-electron chi connectivity index (χ3n) is 5.10. The first-order valence-corrected chi connectivity index (χ1v) is 11.5. The van der Waals surface area contributed by atoms with Gasteiger partial charge in [-0.15, -0.1) is 0 Å². The maximum absolute atomic E-state index is 12.3. The molecule has 1 N–H and O–H groups in total. The number of amides is 1. The van der Waals surface area contributed by atoms with E-state index in [2.05, 4.69) is 29.2 Å². The van der Waals surface area contributed by atoms with Gasteiger partial charge in [-0.2, -0.15) is 5.10 Å². The maximum Gasteiger partial charge on any atom is 0.251 e. The van der Waals surface area contributed by atoms with Crippen molar-refractivity contribution < 1.29 is 4.79 Å². The number of nitrogens with zero attached hydrogens (tertiary/aromatic N) is 5. The smallest absolute Gasteiger partial charge is 0.251 e. The molecular formula is C22H28N6OS. The van der Waals surface area contributed by atoms with Crippen molar-refractivity contribution in [3.8, 4) is 0 Å². The summed E-state index contributed by atoms with van der Waals surface area (Å²) in [5.41, 5.74) is 1.50. The molecule has 0 spiro atoms. The Bertz CT molecular complexity index is 998. The number of hydrogen-bond donors (Lipinski definition) is 1. The van der Waals surface area contributed by atoms with Gasteiger partial charge in [-0.05, 0) is 31.4 Å². The van der Waals surface area contributed by atoms with Crippen LogP contribution in [0.4, 0.5) is 5.82 Å². The van der Waals surface area contributed by atoms with Crippen LogP contribution in [0.2, 0.25) is 0 Å². The zero-order valence-electron chi connectivity index (χ0n) is 17.5. The molecule has 0 radical (unpaired) electrons. The van der Waals surface area contributed by atoms with Crippen LogP contribution in [0.25, 0.3) is 11.0 Å². The highest BCUT2D eigenvalue weighted by Gasteiger charge is 2.20. The van der Waals surface area contributed by atoms with Gasteiger partial charge in [0.1, 0.15) is 5.82 Å². The number of fused-ring (bicyclic) bond motifs is 1. The number of carbonyl (C=O) groups is 1. The van der Waals surface area contributed by atoms with E-state index in [4.69, 9.17) is 9.97 Å². The summed E-state index contributed by atoms with van der Waals surface area (Å²) in [6, 6.07) is 9.25. The first kappa shape index (κ1) is 20.7. The summed E-state index contributed by atoms with van der Waals surface area (Å²) in [5.74, 6) is 0.911. The lowest BCUT2D eigenvalue weighted by Crippen LogP contribution is -2.30. The molecule has 0 unspecified atom stereocenters. The van der Waals surface area contributed by atoms with Gasteiger partial charge in [-0.1, -0.05) is 43.8 Å². The van der Waals surface area contributed by atoms with Crippen LogP contribution in [0, 0.1) is 0 Å². The van der Waals surface area contributed by atoms with Crippen molar-refractivity contribution in [2.45, 2.75) is 50.1 Å². The zero-order valence-corrected chi connectivity index (χ0v) is 18.4. The number of thioether (sulfide) groups is 1. The Morgan fingerprint density at radius 3 is 2.63 bits per heavy atom. The predicted octanol–water partition coefficient (Wildman–Crippen LogP) is 3.75. The lowest BCUT2D eigenvalue weighted by Gasteiger charge is -2.28. The summed E-state index contributed by atoms with van der Waals surface area (Å²) in [5, 5.41) is 9.71. The van der Waals surface area contributed by atoms with Crippen molar-refractivity contribution in [2.24, 2.45) is 0 Å². The average molecular weight is 425 g/mol. The van der Waals surface area contributed by atoms with Gasteiger partial charge in [0.2, 0.25) is 0 Å². The van der Waals surface area contributed by atoms with Crippen molar-refractivity contribution in [1.82, 2.24) is 25.1 Å². The number of piperidine rings is 1. The Hall–Kier alpha value is -2.61. The van der Waals surface area contributed by atoms with E-state index < -0.39 is 0 Å². The van der Waals surface area contributed by atoms with Crippen molar-refractivity contribution in [3.05, 3.63) is 42.1 Å². The van der Waals surface area contributed by atoms with E-state index in [0.717, 1.165) is 35.1 Å². The topological polar surface area (TPSA) is 75.9 Å². The van der Waals surface area contributed by atoms with Crippen LogP contribution < -0.4 is 10.2 Å². The Morgan fingerprint density at radius 1 is 1.13 bits per heavy atom. The Morgan fingerprint density at radius 2 is 1.90 bits per heavy atom. The lowest BCUT2D eigenvalue weighted by molar-refractivity contribution is 0.0952. The zero-order chi connectivity index (χ0) is 20.9. The van der Waals surface area contributed by atoms with Crippen LogP contribution in [-0.2, 0) is 6.54 Å². The summed E-state index contributed by atoms with van der Waals surface area (Å²) in [7, 11) is 0. The van der Waals surface area contributed by atoms with Crippen LogP contribution in [0.3, 0.4) is 0 Å². The Balaban J connectivity index is 1.55. The summed E-state index contributed by atoms with van der Waals surface area (Å²) < 4.78 is 1.88. The molecule has 1 saturated heterocycles. The third kappa shape index (κ3) is 4.75. The first-order valence-electron chi connectivity index (χ1n) is 10.6. The molecule has 0 aliphatic carbocycles. The fourth-order valence-electron chi connectivity index (χ4n) is 3.66. The number of rotatable bonds is 7. The van der Waals surface area contributed by atoms with Crippen LogP contribution in [0.1, 0.15) is 43.5 Å². The second-order valence-corrected chi connectivity index (χ2v) is 9.31. The Kier molecular flexibility index (Phi) is 6.52. The molecule has 0 bridgehead atoms. The van der Waals surface area contributed by atoms with E-state index in [9.17, 15) is 4.79 Å². The molecule has 1 fully saturated rings. The number of aromatic nitrogens is 4. The molecule has 158 valence electrons. The quantitative estimate of drug-likeness (QED) is 0.460. The average Bonchev–Trinajstić information content (AvgIpc) is 3.17. The minimum atomic E-state index is -0.0771. The minimum absolute atomic E-state index is 0.0771. The molecule has 3 heterocycles. The highest BCUT2D eigenvalue weighted by Crippen LogP contribution is 2.30. The van der Waals surface area contributed by atoms with Gasteiger partial charge in [-0.3, -0.25) is 4.79 Å². The molecule has 0 saturated carbocycles. The molecular weight excluding hydrogens is 396 g/mol. The molecule has 1 amide bonds. The fraction of sp³-hybridized carbons (Fsp3) is 0.455. The maximum atomic E-state index is 12.3. The van der Waals surface area contributed by atoms with Crippen molar-refractivity contribution in [2.75, 3.05) is 24.5 Å². The van der Waals surface area contributed by atoms with E-state index in [1.807, 2.05) is 41.2 Å². The van der Waals surface area contributed by atoms with Gasteiger partial charge in [0.05, 0.1) is 18.1 Å². The molecule has 1 aliphatic heterocycles. The summed E-state index contributed by atoms with van der Waals surface area (Å²) in [6.45, 7) is 7.39. The number of carbonyl (C=O) groups excluding carboxylic acids is 1. The SMILES string of the molecule is CC(C)Sc1nc(N2CCCCC2)c2cnn(CCNC(=O)c3ccccc3)c2n1. The molecule has 1 aliphatic rings. The number of nitrogens with one attached hydrogen (secondary N) is 1. The standard InChI is InChI=1S/C22H28N6OS/c1-16(2)30-22-25-19(27-12-7-4-8-13-27)18-15-24-28(20(18)26-22)14-11-23-21(29)17-9-5-3-6-10-17/h3,5-6,9-10,15-16H,4,7-8,11-14H2,1-2H3,(H,23,29). The van der Waals surface area contributed by atoms with Gasteiger partial charge >= 0.3 is 0 Å². The summed E-state index contributed by atoms with van der Waals surface area (Å²) >= 11 is 1.67. The van der Waals surface area contributed by atoms with Crippen molar-refractivity contribution in [3.63, 3.8) is 0 Å². The number of anilines is 1. The van der Waals surface area contributed by atoms with E-state index in [1.54, 1.807) is 11.8 Å². The molecule has 3 aromatic rings. The third-order valence-corrected chi connectivity index (χ3v) is 5.96. The predicted molar refractivity (Wildman–Crippen MR) is 121 cm³/mol. The van der Waals surface area contributed by atoms with Crippen LogP contribution >= 0.6 is 11.8 Å². The van der Waals surface area contributed by atoms with Gasteiger partial charge in [0.15, 0.2) is 10.8 Å². The summed E-state index contributed by atoms with van der Waals surface area (Å²) in [6.07, 6.45) is 5.52. The van der Waals surface area contributed by atoms with Gasteiger partial charge < -0.3 is 10.2 Å². The second-order valence-electron chi connectivity index (χ2n) is 7.77. The molecule has 4 rings (SSSR count). The second kappa shape index (κ2) is 9.47. The first-order chi connectivity index (χ1) is 14.6. The Labute approximate surface area is 181 Å².